The Morgan fingerprint density at radius 1 is 0.786 bits per heavy atom. The number of ketones is 1. The standard InChI is InChI=1S/C25H23NO2/c27-24(19-5-2-1-3-6-19)20-13-15-26(16-14-20)25(28)22-12-11-18-10-9-17-7-4-8-21(22)23(17)18/h1-8,11-12,20H,9-10,13-16H2. The summed E-state index contributed by atoms with van der Waals surface area (Å²) >= 11 is 0. The van der Waals surface area contributed by atoms with Crippen molar-refractivity contribution >= 4 is 22.5 Å². The van der Waals surface area contributed by atoms with Crippen LogP contribution in [0.3, 0.4) is 0 Å². The zero-order chi connectivity index (χ0) is 19.1. The SMILES string of the molecule is O=C(c1ccccc1)C1CCN(C(=O)c2ccc3c4c(cccc24)CC3)CC1. The van der Waals surface area contributed by atoms with E-state index < -0.39 is 0 Å². The van der Waals surface area contributed by atoms with Gasteiger partial charge in [-0.1, -0.05) is 54.6 Å². The molecule has 0 atom stereocenters. The Kier molecular flexibility index (Phi) is 4.23. The van der Waals surface area contributed by atoms with E-state index in [4.69, 9.17) is 0 Å². The van der Waals surface area contributed by atoms with Crippen molar-refractivity contribution in [1.29, 1.82) is 0 Å². The van der Waals surface area contributed by atoms with Gasteiger partial charge in [0, 0.05) is 30.1 Å². The molecule has 3 aromatic rings. The summed E-state index contributed by atoms with van der Waals surface area (Å²) in [6, 6.07) is 19.9. The predicted octanol–water partition coefficient (Wildman–Crippen LogP) is 4.67. The molecule has 1 aliphatic heterocycles. The highest BCUT2D eigenvalue weighted by atomic mass is 16.2. The molecule has 3 aromatic carbocycles. The molecular formula is C25H23NO2. The summed E-state index contributed by atoms with van der Waals surface area (Å²) in [5, 5.41) is 2.36. The quantitative estimate of drug-likeness (QED) is 0.629. The maximum atomic E-state index is 13.2. The van der Waals surface area contributed by atoms with Gasteiger partial charge in [-0.05, 0) is 53.6 Å². The Morgan fingerprint density at radius 2 is 1.50 bits per heavy atom. The minimum absolute atomic E-state index is 0.0132. The van der Waals surface area contributed by atoms with Gasteiger partial charge in [0.05, 0.1) is 0 Å². The fourth-order valence-electron chi connectivity index (χ4n) is 4.79. The van der Waals surface area contributed by atoms with E-state index in [-0.39, 0.29) is 17.6 Å². The summed E-state index contributed by atoms with van der Waals surface area (Å²) in [6.07, 6.45) is 3.61. The van der Waals surface area contributed by atoms with Crippen molar-refractivity contribution in [3.05, 3.63) is 82.9 Å². The average molecular weight is 369 g/mol. The van der Waals surface area contributed by atoms with Crippen LogP contribution in [0.2, 0.25) is 0 Å². The second-order valence-corrected chi connectivity index (χ2v) is 7.91. The highest BCUT2D eigenvalue weighted by Crippen LogP contribution is 2.33. The Hall–Kier alpha value is -2.94. The summed E-state index contributed by atoms with van der Waals surface area (Å²) in [5.74, 6) is 0.318. The predicted molar refractivity (Wildman–Crippen MR) is 111 cm³/mol. The first-order valence-corrected chi connectivity index (χ1v) is 10.1. The third-order valence-electron chi connectivity index (χ3n) is 6.32. The monoisotopic (exact) mass is 369 g/mol. The summed E-state index contributed by atoms with van der Waals surface area (Å²) in [5.41, 5.74) is 4.29. The number of likely N-dealkylation sites (tertiary alicyclic amines) is 1. The molecule has 0 aromatic heterocycles. The maximum Gasteiger partial charge on any atom is 0.254 e. The van der Waals surface area contributed by atoms with Gasteiger partial charge in [-0.15, -0.1) is 0 Å². The van der Waals surface area contributed by atoms with Crippen LogP contribution in [-0.2, 0) is 12.8 Å². The molecule has 0 unspecified atom stereocenters. The third-order valence-corrected chi connectivity index (χ3v) is 6.32. The molecule has 5 rings (SSSR count). The van der Waals surface area contributed by atoms with E-state index in [1.54, 1.807) is 0 Å². The first-order valence-electron chi connectivity index (χ1n) is 10.1. The van der Waals surface area contributed by atoms with Crippen LogP contribution in [0.4, 0.5) is 0 Å². The molecule has 3 nitrogen and oxygen atoms in total. The van der Waals surface area contributed by atoms with Gasteiger partial charge in [-0.25, -0.2) is 0 Å². The van der Waals surface area contributed by atoms with Gasteiger partial charge in [-0.2, -0.15) is 0 Å². The number of carbonyl (C=O) groups excluding carboxylic acids is 2. The van der Waals surface area contributed by atoms with Crippen molar-refractivity contribution in [2.45, 2.75) is 25.7 Å². The number of aryl methyl sites for hydroxylation is 2. The van der Waals surface area contributed by atoms with Crippen LogP contribution in [0.1, 0.15) is 44.7 Å². The second-order valence-electron chi connectivity index (χ2n) is 7.91. The van der Waals surface area contributed by atoms with Gasteiger partial charge in [0.2, 0.25) is 0 Å². The van der Waals surface area contributed by atoms with Crippen molar-refractivity contribution in [2.75, 3.05) is 13.1 Å². The number of rotatable bonds is 3. The molecule has 0 spiro atoms. The molecule has 28 heavy (non-hydrogen) atoms. The Bertz CT molecular complexity index is 1050. The molecule has 0 bridgehead atoms. The Labute approximate surface area is 165 Å². The van der Waals surface area contributed by atoms with E-state index in [1.165, 1.54) is 16.5 Å². The topological polar surface area (TPSA) is 37.4 Å². The molecule has 140 valence electrons. The van der Waals surface area contributed by atoms with Crippen LogP contribution < -0.4 is 0 Å². The molecule has 1 fully saturated rings. The number of hydrogen-bond acceptors (Lipinski definition) is 2. The summed E-state index contributed by atoms with van der Waals surface area (Å²) in [7, 11) is 0. The molecule has 1 heterocycles. The lowest BCUT2D eigenvalue weighted by Crippen LogP contribution is -2.40. The molecule has 0 N–H and O–H groups in total. The minimum atomic E-state index is 0.0132. The smallest absolute Gasteiger partial charge is 0.254 e. The van der Waals surface area contributed by atoms with Gasteiger partial charge >= 0.3 is 0 Å². The number of Topliss-reactive ketones (excluding diaryl/α,β-unsaturated/α-hetero) is 1. The fraction of sp³-hybridized carbons (Fsp3) is 0.280. The zero-order valence-corrected chi connectivity index (χ0v) is 15.9. The molecule has 1 aliphatic carbocycles. The number of amides is 1. The van der Waals surface area contributed by atoms with Crippen LogP contribution in [0.15, 0.2) is 60.7 Å². The van der Waals surface area contributed by atoms with Gasteiger partial charge in [0.25, 0.3) is 5.91 Å². The third kappa shape index (κ3) is 2.82. The lowest BCUT2D eigenvalue weighted by Gasteiger charge is -2.31. The first-order chi connectivity index (χ1) is 13.7. The van der Waals surface area contributed by atoms with Crippen LogP contribution in [0.5, 0.6) is 0 Å². The van der Waals surface area contributed by atoms with Crippen molar-refractivity contribution in [2.24, 2.45) is 5.92 Å². The van der Waals surface area contributed by atoms with Crippen molar-refractivity contribution < 1.29 is 9.59 Å². The Morgan fingerprint density at radius 3 is 2.25 bits per heavy atom. The van der Waals surface area contributed by atoms with Crippen LogP contribution in [0, 0.1) is 5.92 Å². The number of piperidine rings is 1. The fourth-order valence-corrected chi connectivity index (χ4v) is 4.79. The van der Waals surface area contributed by atoms with Crippen LogP contribution >= 0.6 is 0 Å². The minimum Gasteiger partial charge on any atom is -0.339 e. The Balaban J connectivity index is 1.35. The second kappa shape index (κ2) is 6.90. The van der Waals surface area contributed by atoms with Gasteiger partial charge in [0.1, 0.15) is 0 Å². The van der Waals surface area contributed by atoms with Crippen molar-refractivity contribution in [1.82, 2.24) is 4.90 Å². The molecule has 1 saturated heterocycles. The molecule has 3 heteroatoms. The maximum absolute atomic E-state index is 13.2. The number of benzene rings is 3. The zero-order valence-electron chi connectivity index (χ0n) is 15.9. The van der Waals surface area contributed by atoms with Gasteiger partial charge in [-0.3, -0.25) is 9.59 Å². The summed E-state index contributed by atoms with van der Waals surface area (Å²) < 4.78 is 0. The van der Waals surface area contributed by atoms with E-state index in [2.05, 4.69) is 24.3 Å². The van der Waals surface area contributed by atoms with Crippen molar-refractivity contribution in [3.8, 4) is 0 Å². The number of carbonyl (C=O) groups is 2. The van der Waals surface area contributed by atoms with Crippen LogP contribution in [0.25, 0.3) is 10.8 Å². The normalized spacial score (nSPS) is 16.5. The molecule has 2 aliphatic rings. The van der Waals surface area contributed by atoms with Crippen LogP contribution in [-0.4, -0.2) is 29.7 Å². The van der Waals surface area contributed by atoms with Gasteiger partial charge in [0.15, 0.2) is 5.78 Å². The van der Waals surface area contributed by atoms with Crippen molar-refractivity contribution in [3.63, 3.8) is 0 Å². The summed E-state index contributed by atoms with van der Waals surface area (Å²) in [6.45, 7) is 1.29. The molecular weight excluding hydrogens is 346 g/mol. The average Bonchev–Trinajstić information content (AvgIpc) is 3.19. The molecule has 1 amide bonds. The number of nitrogens with zero attached hydrogens (tertiary/aromatic N) is 1. The van der Waals surface area contributed by atoms with E-state index in [0.29, 0.717) is 13.1 Å². The highest BCUT2D eigenvalue weighted by molar-refractivity contribution is 6.09. The van der Waals surface area contributed by atoms with E-state index in [9.17, 15) is 9.59 Å². The largest absolute Gasteiger partial charge is 0.339 e. The number of hydrogen-bond donors (Lipinski definition) is 0. The first kappa shape index (κ1) is 17.2. The van der Waals surface area contributed by atoms with Gasteiger partial charge < -0.3 is 4.90 Å². The molecule has 0 saturated carbocycles. The summed E-state index contributed by atoms with van der Waals surface area (Å²) in [4.78, 5) is 27.9. The van der Waals surface area contributed by atoms with E-state index in [1.807, 2.05) is 41.3 Å². The lowest BCUT2D eigenvalue weighted by atomic mass is 9.88. The van der Waals surface area contributed by atoms with E-state index >= 15 is 0 Å². The highest BCUT2D eigenvalue weighted by Gasteiger charge is 2.29. The molecule has 0 radical (unpaired) electrons. The van der Waals surface area contributed by atoms with E-state index in [0.717, 1.165) is 42.2 Å². The lowest BCUT2D eigenvalue weighted by molar-refractivity contribution is 0.0652.